The second-order valence-corrected chi connectivity index (χ2v) is 4.92. The van der Waals surface area contributed by atoms with E-state index in [2.05, 4.69) is 48.7 Å². The number of nitrogens with one attached hydrogen (secondary N) is 2. The minimum absolute atomic E-state index is 0.590. The predicted octanol–water partition coefficient (Wildman–Crippen LogP) is 2.26. The van der Waals surface area contributed by atoms with E-state index < -0.39 is 0 Å². The van der Waals surface area contributed by atoms with Gasteiger partial charge in [-0.2, -0.15) is 0 Å². The van der Waals surface area contributed by atoms with Gasteiger partial charge in [0, 0.05) is 19.1 Å². The van der Waals surface area contributed by atoms with Crippen molar-refractivity contribution in [1.29, 1.82) is 0 Å². The van der Waals surface area contributed by atoms with Crippen molar-refractivity contribution in [2.75, 3.05) is 13.1 Å². The second kappa shape index (κ2) is 5.46. The maximum absolute atomic E-state index is 3.50. The van der Waals surface area contributed by atoms with Crippen LogP contribution in [-0.2, 0) is 6.54 Å². The first-order valence-corrected chi connectivity index (χ1v) is 6.29. The predicted molar refractivity (Wildman–Crippen MR) is 68.6 cm³/mol. The molecule has 1 aliphatic heterocycles. The van der Waals surface area contributed by atoms with Crippen molar-refractivity contribution in [3.05, 3.63) is 35.4 Å². The standard InChI is InChI=1S/C14H22N2/c1-11(2)16-8-7-13-10-15-9-12-5-3-4-6-14(12)13/h3-6,11,13,15-16H,7-10H2,1-2H3. The van der Waals surface area contributed by atoms with Crippen LogP contribution in [0.5, 0.6) is 0 Å². The Kier molecular flexibility index (Phi) is 3.97. The third-order valence-corrected chi connectivity index (χ3v) is 3.25. The topological polar surface area (TPSA) is 24.1 Å². The smallest absolute Gasteiger partial charge is 0.0208 e. The summed E-state index contributed by atoms with van der Waals surface area (Å²) in [4.78, 5) is 0. The van der Waals surface area contributed by atoms with E-state index in [1.807, 2.05) is 0 Å². The molecule has 1 unspecified atom stereocenters. The van der Waals surface area contributed by atoms with Gasteiger partial charge in [-0.05, 0) is 30.0 Å². The highest BCUT2D eigenvalue weighted by atomic mass is 14.9. The van der Waals surface area contributed by atoms with Crippen molar-refractivity contribution in [1.82, 2.24) is 10.6 Å². The van der Waals surface area contributed by atoms with Crippen molar-refractivity contribution in [3.8, 4) is 0 Å². The van der Waals surface area contributed by atoms with Crippen LogP contribution in [0.4, 0.5) is 0 Å². The Morgan fingerprint density at radius 2 is 2.19 bits per heavy atom. The molecule has 0 spiro atoms. The minimum atomic E-state index is 0.590. The first kappa shape index (κ1) is 11.6. The van der Waals surface area contributed by atoms with Crippen LogP contribution in [0.1, 0.15) is 37.3 Å². The van der Waals surface area contributed by atoms with Gasteiger partial charge in [-0.1, -0.05) is 38.1 Å². The molecule has 0 aliphatic carbocycles. The monoisotopic (exact) mass is 218 g/mol. The third kappa shape index (κ3) is 2.83. The summed E-state index contributed by atoms with van der Waals surface area (Å²) >= 11 is 0. The number of rotatable bonds is 4. The quantitative estimate of drug-likeness (QED) is 0.810. The molecule has 1 aromatic rings. The van der Waals surface area contributed by atoms with Crippen LogP contribution in [0.3, 0.4) is 0 Å². The van der Waals surface area contributed by atoms with E-state index >= 15 is 0 Å². The minimum Gasteiger partial charge on any atom is -0.315 e. The van der Waals surface area contributed by atoms with E-state index in [1.54, 1.807) is 5.56 Å². The molecule has 2 N–H and O–H groups in total. The lowest BCUT2D eigenvalue weighted by atomic mass is 9.88. The van der Waals surface area contributed by atoms with Gasteiger partial charge in [-0.25, -0.2) is 0 Å². The molecule has 1 aromatic carbocycles. The molecule has 2 rings (SSSR count). The molecule has 16 heavy (non-hydrogen) atoms. The first-order chi connectivity index (χ1) is 7.77. The third-order valence-electron chi connectivity index (χ3n) is 3.25. The normalized spacial score (nSPS) is 19.8. The SMILES string of the molecule is CC(C)NCCC1CNCc2ccccc21. The maximum Gasteiger partial charge on any atom is 0.0208 e. The fourth-order valence-electron chi connectivity index (χ4n) is 2.39. The fraction of sp³-hybridized carbons (Fsp3) is 0.571. The zero-order chi connectivity index (χ0) is 11.4. The van der Waals surface area contributed by atoms with Crippen molar-refractivity contribution in [2.24, 2.45) is 0 Å². The van der Waals surface area contributed by atoms with Gasteiger partial charge in [0.05, 0.1) is 0 Å². The molecule has 2 nitrogen and oxygen atoms in total. The first-order valence-electron chi connectivity index (χ1n) is 6.29. The summed E-state index contributed by atoms with van der Waals surface area (Å²) in [6.45, 7) is 7.67. The Hall–Kier alpha value is -0.860. The van der Waals surface area contributed by atoms with Gasteiger partial charge in [0.2, 0.25) is 0 Å². The average Bonchev–Trinajstić information content (AvgIpc) is 2.29. The molecule has 2 heteroatoms. The molecule has 1 aliphatic rings. The highest BCUT2D eigenvalue weighted by Gasteiger charge is 2.18. The van der Waals surface area contributed by atoms with Crippen LogP contribution in [0.25, 0.3) is 0 Å². The highest BCUT2D eigenvalue weighted by Crippen LogP contribution is 2.25. The largest absolute Gasteiger partial charge is 0.315 e. The van der Waals surface area contributed by atoms with Crippen LogP contribution in [0.15, 0.2) is 24.3 Å². The molecule has 0 fully saturated rings. The summed E-state index contributed by atoms with van der Waals surface area (Å²) in [5.41, 5.74) is 3.02. The lowest BCUT2D eigenvalue weighted by Crippen LogP contribution is -2.31. The summed E-state index contributed by atoms with van der Waals surface area (Å²) in [6, 6.07) is 9.41. The summed E-state index contributed by atoms with van der Waals surface area (Å²) in [5, 5.41) is 7.00. The number of hydrogen-bond donors (Lipinski definition) is 2. The molecule has 0 aromatic heterocycles. The molecule has 0 saturated carbocycles. The Bertz CT molecular complexity index is 333. The van der Waals surface area contributed by atoms with E-state index in [0.29, 0.717) is 12.0 Å². The van der Waals surface area contributed by atoms with E-state index in [1.165, 1.54) is 12.0 Å². The molecule has 0 amide bonds. The molecular weight excluding hydrogens is 196 g/mol. The van der Waals surface area contributed by atoms with E-state index in [0.717, 1.165) is 19.6 Å². The fourth-order valence-corrected chi connectivity index (χ4v) is 2.39. The molecule has 0 bridgehead atoms. The van der Waals surface area contributed by atoms with Gasteiger partial charge in [0.25, 0.3) is 0 Å². The van der Waals surface area contributed by atoms with Gasteiger partial charge in [0.15, 0.2) is 0 Å². The Morgan fingerprint density at radius 3 is 3.00 bits per heavy atom. The van der Waals surface area contributed by atoms with Crippen molar-refractivity contribution >= 4 is 0 Å². The molecule has 0 radical (unpaired) electrons. The maximum atomic E-state index is 3.50. The summed E-state index contributed by atoms with van der Waals surface area (Å²) in [7, 11) is 0. The van der Waals surface area contributed by atoms with E-state index in [9.17, 15) is 0 Å². The molecule has 0 saturated heterocycles. The Morgan fingerprint density at radius 1 is 1.38 bits per heavy atom. The van der Waals surface area contributed by atoms with Crippen LogP contribution in [0, 0.1) is 0 Å². The molecule has 1 atom stereocenters. The van der Waals surface area contributed by atoms with Crippen LogP contribution < -0.4 is 10.6 Å². The van der Waals surface area contributed by atoms with Gasteiger partial charge in [0.1, 0.15) is 0 Å². The zero-order valence-corrected chi connectivity index (χ0v) is 10.3. The van der Waals surface area contributed by atoms with Gasteiger partial charge in [-0.3, -0.25) is 0 Å². The molecule has 88 valence electrons. The van der Waals surface area contributed by atoms with Gasteiger partial charge in [-0.15, -0.1) is 0 Å². The van der Waals surface area contributed by atoms with E-state index in [4.69, 9.17) is 0 Å². The summed E-state index contributed by atoms with van der Waals surface area (Å²) < 4.78 is 0. The van der Waals surface area contributed by atoms with Crippen LogP contribution in [0.2, 0.25) is 0 Å². The molecular formula is C14H22N2. The average molecular weight is 218 g/mol. The van der Waals surface area contributed by atoms with E-state index in [-0.39, 0.29) is 0 Å². The highest BCUT2D eigenvalue weighted by molar-refractivity contribution is 5.32. The van der Waals surface area contributed by atoms with Crippen LogP contribution in [-0.4, -0.2) is 19.1 Å². The van der Waals surface area contributed by atoms with Crippen LogP contribution >= 0.6 is 0 Å². The molecule has 1 heterocycles. The van der Waals surface area contributed by atoms with Gasteiger partial charge < -0.3 is 10.6 Å². The summed E-state index contributed by atoms with van der Waals surface area (Å²) in [5.74, 6) is 0.677. The summed E-state index contributed by atoms with van der Waals surface area (Å²) in [6.07, 6.45) is 1.22. The number of fused-ring (bicyclic) bond motifs is 1. The lowest BCUT2D eigenvalue weighted by Gasteiger charge is -2.26. The van der Waals surface area contributed by atoms with Crippen molar-refractivity contribution in [3.63, 3.8) is 0 Å². The lowest BCUT2D eigenvalue weighted by molar-refractivity contribution is 0.478. The number of benzene rings is 1. The van der Waals surface area contributed by atoms with Crippen molar-refractivity contribution < 1.29 is 0 Å². The Labute approximate surface area is 98.4 Å². The number of hydrogen-bond acceptors (Lipinski definition) is 2. The Balaban J connectivity index is 1.96. The second-order valence-electron chi connectivity index (χ2n) is 4.92. The van der Waals surface area contributed by atoms with Gasteiger partial charge >= 0.3 is 0 Å². The van der Waals surface area contributed by atoms with Crippen molar-refractivity contribution in [2.45, 2.75) is 38.8 Å². The zero-order valence-electron chi connectivity index (χ0n) is 10.3.